The number of anilines is 1. The van der Waals surface area contributed by atoms with E-state index in [1.54, 1.807) is 36.4 Å². The third-order valence-electron chi connectivity index (χ3n) is 5.29. The van der Waals surface area contributed by atoms with Gasteiger partial charge in [0.05, 0.1) is 23.9 Å². The molecule has 6 nitrogen and oxygen atoms in total. The number of aryl methyl sites for hydroxylation is 1. The Balaban J connectivity index is 1.97. The molecule has 29 heavy (non-hydrogen) atoms. The molecule has 0 saturated heterocycles. The molecule has 2 aromatic carbocycles. The SMILES string of the molecule is CC[C@@H](C)[C@@H](C(=O)Nc1cc(C)c(Cl)cc1OC)N1C(=O)c2ccccc2C1=O. The van der Waals surface area contributed by atoms with Crippen LogP contribution >= 0.6 is 11.6 Å². The number of fused-ring (bicyclic) bond motifs is 1. The lowest BCUT2D eigenvalue weighted by Crippen LogP contribution is -2.50. The van der Waals surface area contributed by atoms with Gasteiger partial charge in [0.1, 0.15) is 11.8 Å². The molecule has 1 aliphatic rings. The second kappa shape index (κ2) is 8.25. The lowest BCUT2D eigenvalue weighted by atomic mass is 9.96. The number of imide groups is 1. The smallest absolute Gasteiger partial charge is 0.262 e. The zero-order chi connectivity index (χ0) is 21.3. The molecule has 7 heteroatoms. The van der Waals surface area contributed by atoms with E-state index in [9.17, 15) is 14.4 Å². The molecule has 1 heterocycles. The zero-order valence-electron chi connectivity index (χ0n) is 16.8. The summed E-state index contributed by atoms with van der Waals surface area (Å²) in [4.78, 5) is 40.2. The first-order chi connectivity index (χ1) is 13.8. The Bertz CT molecular complexity index is 954. The van der Waals surface area contributed by atoms with Crippen molar-refractivity contribution >= 4 is 35.0 Å². The van der Waals surface area contributed by atoms with E-state index < -0.39 is 23.8 Å². The Morgan fingerprint density at radius 2 is 1.76 bits per heavy atom. The highest BCUT2D eigenvalue weighted by atomic mass is 35.5. The molecule has 0 bridgehead atoms. The Morgan fingerprint density at radius 1 is 1.17 bits per heavy atom. The van der Waals surface area contributed by atoms with E-state index in [0.29, 0.717) is 34.0 Å². The Kier molecular flexibility index (Phi) is 5.94. The van der Waals surface area contributed by atoms with Gasteiger partial charge in [0.25, 0.3) is 11.8 Å². The van der Waals surface area contributed by atoms with Crippen molar-refractivity contribution in [1.29, 1.82) is 0 Å². The first-order valence-corrected chi connectivity index (χ1v) is 9.79. The summed E-state index contributed by atoms with van der Waals surface area (Å²) in [5.41, 5.74) is 1.84. The Hall–Kier alpha value is -2.86. The molecule has 0 fully saturated rings. The summed E-state index contributed by atoms with van der Waals surface area (Å²) < 4.78 is 5.32. The maximum Gasteiger partial charge on any atom is 0.262 e. The fraction of sp³-hybridized carbons (Fsp3) is 0.318. The standard InChI is InChI=1S/C22H23ClN2O4/c1-5-12(2)19(25-21(27)14-8-6-7-9-15(14)22(25)28)20(26)24-17-10-13(3)16(23)11-18(17)29-4/h6-12,19H,5H2,1-4H3,(H,24,26)/t12-,19+/m1/s1. The molecule has 3 rings (SSSR count). The summed E-state index contributed by atoms with van der Waals surface area (Å²) in [6.07, 6.45) is 0.613. The van der Waals surface area contributed by atoms with Gasteiger partial charge in [-0.25, -0.2) is 0 Å². The van der Waals surface area contributed by atoms with Crippen LogP contribution in [0.4, 0.5) is 5.69 Å². The summed E-state index contributed by atoms with van der Waals surface area (Å²) in [6, 6.07) is 8.98. The van der Waals surface area contributed by atoms with Crippen LogP contribution in [0.25, 0.3) is 0 Å². The Morgan fingerprint density at radius 3 is 2.28 bits per heavy atom. The van der Waals surface area contributed by atoms with E-state index in [4.69, 9.17) is 16.3 Å². The van der Waals surface area contributed by atoms with Gasteiger partial charge in [0.15, 0.2) is 0 Å². The number of carbonyl (C=O) groups excluding carboxylic acids is 3. The molecular formula is C22H23ClN2O4. The number of nitrogens with one attached hydrogen (secondary N) is 1. The van der Waals surface area contributed by atoms with E-state index in [1.165, 1.54) is 7.11 Å². The van der Waals surface area contributed by atoms with Crippen molar-refractivity contribution in [2.75, 3.05) is 12.4 Å². The number of amides is 3. The molecule has 1 aliphatic heterocycles. The third-order valence-corrected chi connectivity index (χ3v) is 5.70. The molecule has 152 valence electrons. The summed E-state index contributed by atoms with van der Waals surface area (Å²) >= 11 is 6.14. The van der Waals surface area contributed by atoms with Crippen molar-refractivity contribution in [3.05, 3.63) is 58.1 Å². The molecule has 1 N–H and O–H groups in total. The number of ether oxygens (including phenoxy) is 1. The van der Waals surface area contributed by atoms with E-state index in [2.05, 4.69) is 5.32 Å². The Labute approximate surface area is 174 Å². The normalized spacial score (nSPS) is 15.1. The third kappa shape index (κ3) is 3.72. The minimum absolute atomic E-state index is 0.239. The zero-order valence-corrected chi connectivity index (χ0v) is 17.5. The van der Waals surface area contributed by atoms with Crippen molar-refractivity contribution in [2.24, 2.45) is 5.92 Å². The first-order valence-electron chi connectivity index (χ1n) is 9.42. The molecule has 0 aliphatic carbocycles. The van der Waals surface area contributed by atoms with Gasteiger partial charge in [-0.2, -0.15) is 0 Å². The van der Waals surface area contributed by atoms with Gasteiger partial charge in [-0.05, 0) is 36.6 Å². The monoisotopic (exact) mass is 414 g/mol. The van der Waals surface area contributed by atoms with Crippen LogP contribution < -0.4 is 10.1 Å². The largest absolute Gasteiger partial charge is 0.495 e. The maximum atomic E-state index is 13.3. The average molecular weight is 415 g/mol. The lowest BCUT2D eigenvalue weighted by molar-refractivity contribution is -0.121. The van der Waals surface area contributed by atoms with Gasteiger partial charge in [-0.3, -0.25) is 19.3 Å². The van der Waals surface area contributed by atoms with E-state index in [-0.39, 0.29) is 5.92 Å². The number of carbonyl (C=O) groups is 3. The van der Waals surface area contributed by atoms with E-state index >= 15 is 0 Å². The van der Waals surface area contributed by atoms with Crippen LogP contribution in [-0.4, -0.2) is 35.8 Å². The highest BCUT2D eigenvalue weighted by Gasteiger charge is 2.44. The molecule has 0 spiro atoms. The molecule has 2 atom stereocenters. The van der Waals surface area contributed by atoms with Crippen molar-refractivity contribution in [1.82, 2.24) is 4.90 Å². The number of nitrogens with zero attached hydrogens (tertiary/aromatic N) is 1. The summed E-state index contributed by atoms with van der Waals surface area (Å²) in [6.45, 7) is 5.57. The van der Waals surface area contributed by atoms with Crippen LogP contribution in [-0.2, 0) is 4.79 Å². The summed E-state index contributed by atoms with van der Waals surface area (Å²) in [5.74, 6) is -1.19. The predicted octanol–water partition coefficient (Wildman–Crippen LogP) is 4.31. The second-order valence-corrected chi connectivity index (χ2v) is 7.55. The van der Waals surface area contributed by atoms with Crippen molar-refractivity contribution in [2.45, 2.75) is 33.2 Å². The van der Waals surface area contributed by atoms with Gasteiger partial charge < -0.3 is 10.1 Å². The average Bonchev–Trinajstić information content (AvgIpc) is 2.96. The molecule has 3 amide bonds. The van der Waals surface area contributed by atoms with Crippen molar-refractivity contribution in [3.63, 3.8) is 0 Å². The van der Waals surface area contributed by atoms with Crippen LogP contribution in [0, 0.1) is 12.8 Å². The van der Waals surface area contributed by atoms with Crippen molar-refractivity contribution in [3.8, 4) is 5.75 Å². The van der Waals surface area contributed by atoms with Gasteiger partial charge in [0.2, 0.25) is 5.91 Å². The van der Waals surface area contributed by atoms with Gasteiger partial charge >= 0.3 is 0 Å². The number of halogens is 1. The molecule has 2 aromatic rings. The fourth-order valence-electron chi connectivity index (χ4n) is 3.45. The van der Waals surface area contributed by atoms with Crippen LogP contribution in [0.2, 0.25) is 5.02 Å². The lowest BCUT2D eigenvalue weighted by Gasteiger charge is -2.30. The predicted molar refractivity (Wildman–Crippen MR) is 112 cm³/mol. The molecule has 0 radical (unpaired) electrons. The molecule has 0 unspecified atom stereocenters. The summed E-state index contributed by atoms with van der Waals surface area (Å²) in [5, 5.41) is 3.33. The van der Waals surface area contributed by atoms with Gasteiger partial charge in [-0.1, -0.05) is 44.0 Å². The molecular weight excluding hydrogens is 392 g/mol. The van der Waals surface area contributed by atoms with Gasteiger partial charge in [0, 0.05) is 11.1 Å². The second-order valence-electron chi connectivity index (χ2n) is 7.15. The molecule has 0 aromatic heterocycles. The fourth-order valence-corrected chi connectivity index (χ4v) is 3.60. The summed E-state index contributed by atoms with van der Waals surface area (Å²) in [7, 11) is 1.48. The number of benzene rings is 2. The topological polar surface area (TPSA) is 75.7 Å². The van der Waals surface area contributed by atoms with Crippen LogP contribution in [0.3, 0.4) is 0 Å². The molecule has 0 saturated carbocycles. The van der Waals surface area contributed by atoms with Gasteiger partial charge in [-0.15, -0.1) is 0 Å². The number of methoxy groups -OCH3 is 1. The number of hydrogen-bond donors (Lipinski definition) is 1. The quantitative estimate of drug-likeness (QED) is 0.715. The number of rotatable bonds is 6. The minimum atomic E-state index is -0.951. The number of hydrogen-bond acceptors (Lipinski definition) is 4. The van der Waals surface area contributed by atoms with Crippen LogP contribution in [0.15, 0.2) is 36.4 Å². The maximum absolute atomic E-state index is 13.3. The highest BCUT2D eigenvalue weighted by Crippen LogP contribution is 2.33. The minimum Gasteiger partial charge on any atom is -0.495 e. The van der Waals surface area contributed by atoms with E-state index in [1.807, 2.05) is 20.8 Å². The first kappa shape index (κ1) is 20.9. The van der Waals surface area contributed by atoms with E-state index in [0.717, 1.165) is 10.5 Å². The van der Waals surface area contributed by atoms with Crippen molar-refractivity contribution < 1.29 is 19.1 Å². The highest BCUT2D eigenvalue weighted by molar-refractivity contribution is 6.31. The van der Waals surface area contributed by atoms with Crippen LogP contribution in [0.1, 0.15) is 46.5 Å². The van der Waals surface area contributed by atoms with Crippen LogP contribution in [0.5, 0.6) is 5.75 Å².